The van der Waals surface area contributed by atoms with Crippen molar-refractivity contribution in [3.8, 4) is 11.3 Å². The minimum Gasteiger partial charge on any atom is -0.352 e. The molecular formula is C25H28Cl2N6. The molecule has 3 aromatic rings. The number of hydrogen-bond donors (Lipinski definition) is 0. The first-order valence-corrected chi connectivity index (χ1v) is 12.3. The molecule has 0 spiro atoms. The van der Waals surface area contributed by atoms with E-state index in [9.17, 15) is 0 Å². The Morgan fingerprint density at radius 1 is 0.909 bits per heavy atom. The number of aromatic nitrogens is 3. The fraction of sp³-hybridized carbons (Fsp3) is 0.400. The third kappa shape index (κ3) is 4.59. The van der Waals surface area contributed by atoms with Crippen LogP contribution >= 0.6 is 23.2 Å². The fourth-order valence-electron chi connectivity index (χ4n) is 4.63. The molecule has 0 amide bonds. The topological polar surface area (TPSA) is 48.4 Å². The number of piperazine rings is 1. The zero-order valence-electron chi connectivity index (χ0n) is 19.0. The number of anilines is 3. The third-order valence-electron chi connectivity index (χ3n) is 6.52. The van der Waals surface area contributed by atoms with E-state index in [1.807, 2.05) is 31.2 Å². The van der Waals surface area contributed by atoms with Crippen LogP contribution in [0.5, 0.6) is 0 Å². The van der Waals surface area contributed by atoms with Crippen molar-refractivity contribution in [3.63, 3.8) is 0 Å². The summed E-state index contributed by atoms with van der Waals surface area (Å²) in [5.41, 5.74) is 2.99. The minimum atomic E-state index is 0.243. The summed E-state index contributed by atoms with van der Waals surface area (Å²) >= 11 is 12.9. The monoisotopic (exact) mass is 482 g/mol. The van der Waals surface area contributed by atoms with Crippen molar-refractivity contribution in [2.45, 2.75) is 32.7 Å². The molecule has 4 heterocycles. The smallest absolute Gasteiger partial charge is 0.227 e. The van der Waals surface area contributed by atoms with Crippen LogP contribution in [0.3, 0.4) is 0 Å². The molecule has 0 unspecified atom stereocenters. The zero-order valence-corrected chi connectivity index (χ0v) is 20.5. The van der Waals surface area contributed by atoms with E-state index >= 15 is 0 Å². The second-order valence-electron chi connectivity index (χ2n) is 8.87. The first-order valence-electron chi connectivity index (χ1n) is 11.5. The molecule has 0 radical (unpaired) electrons. The van der Waals surface area contributed by atoms with Crippen LogP contribution in [0.4, 0.5) is 17.6 Å². The van der Waals surface area contributed by atoms with Crippen LogP contribution in [0.25, 0.3) is 11.3 Å². The molecule has 0 N–H and O–H groups in total. The Morgan fingerprint density at radius 2 is 1.73 bits per heavy atom. The predicted octanol–water partition coefficient (Wildman–Crippen LogP) is 5.47. The lowest BCUT2D eigenvalue weighted by Gasteiger charge is -2.41. The second-order valence-corrected chi connectivity index (χ2v) is 9.68. The van der Waals surface area contributed by atoms with Gasteiger partial charge in [-0.05, 0) is 50.5 Å². The quantitative estimate of drug-likeness (QED) is 0.491. The van der Waals surface area contributed by atoms with Gasteiger partial charge in [-0.2, -0.15) is 4.98 Å². The molecule has 2 aromatic heterocycles. The van der Waals surface area contributed by atoms with Gasteiger partial charge < -0.3 is 14.7 Å². The molecule has 1 aromatic carbocycles. The number of pyridine rings is 1. The maximum atomic E-state index is 6.44. The molecule has 2 fully saturated rings. The molecule has 8 heteroatoms. The van der Waals surface area contributed by atoms with Crippen LogP contribution < -0.4 is 14.7 Å². The molecule has 5 rings (SSSR count). The highest BCUT2D eigenvalue weighted by Crippen LogP contribution is 2.32. The van der Waals surface area contributed by atoms with E-state index in [2.05, 4.69) is 38.7 Å². The van der Waals surface area contributed by atoms with E-state index in [0.717, 1.165) is 72.2 Å². The standard InChI is InChI=1S/C25H28Cl2N6/c1-17-7-8-19(14-21(17)27)22-15-23(30-25(29-22)31-10-3-4-11-31)33-13-12-32(16-18(33)2)24-20(26)6-5-9-28-24/h5-9,14-15,18H,3-4,10-13,16H2,1-2H3/t18-/m1/s1. The van der Waals surface area contributed by atoms with Crippen molar-refractivity contribution in [1.82, 2.24) is 15.0 Å². The average Bonchev–Trinajstić information content (AvgIpc) is 3.36. The molecule has 0 aliphatic carbocycles. The van der Waals surface area contributed by atoms with Gasteiger partial charge in [0.05, 0.1) is 10.7 Å². The molecule has 2 saturated heterocycles. The number of benzene rings is 1. The number of halogens is 2. The Bertz CT molecular complexity index is 1150. The summed E-state index contributed by atoms with van der Waals surface area (Å²) in [4.78, 5) is 21.4. The maximum Gasteiger partial charge on any atom is 0.227 e. The van der Waals surface area contributed by atoms with Gasteiger partial charge in [0.1, 0.15) is 11.6 Å². The summed E-state index contributed by atoms with van der Waals surface area (Å²) in [6.45, 7) is 8.73. The van der Waals surface area contributed by atoms with E-state index in [-0.39, 0.29) is 6.04 Å². The highest BCUT2D eigenvalue weighted by Gasteiger charge is 2.28. The summed E-state index contributed by atoms with van der Waals surface area (Å²) in [7, 11) is 0. The van der Waals surface area contributed by atoms with E-state index in [1.165, 1.54) is 12.8 Å². The molecule has 2 aliphatic heterocycles. The molecule has 1 atom stereocenters. The molecular weight excluding hydrogens is 455 g/mol. The molecule has 6 nitrogen and oxygen atoms in total. The highest BCUT2D eigenvalue weighted by molar-refractivity contribution is 6.33. The van der Waals surface area contributed by atoms with Gasteiger partial charge in [0.25, 0.3) is 0 Å². The molecule has 0 saturated carbocycles. The van der Waals surface area contributed by atoms with Crippen LogP contribution in [0.15, 0.2) is 42.6 Å². The van der Waals surface area contributed by atoms with E-state index in [0.29, 0.717) is 5.02 Å². The lowest BCUT2D eigenvalue weighted by atomic mass is 10.1. The molecule has 33 heavy (non-hydrogen) atoms. The minimum absolute atomic E-state index is 0.243. The number of hydrogen-bond acceptors (Lipinski definition) is 6. The summed E-state index contributed by atoms with van der Waals surface area (Å²) in [5.74, 6) is 2.61. The van der Waals surface area contributed by atoms with Gasteiger partial charge in [-0.1, -0.05) is 35.3 Å². The van der Waals surface area contributed by atoms with Gasteiger partial charge in [-0.25, -0.2) is 9.97 Å². The number of rotatable bonds is 4. The van der Waals surface area contributed by atoms with Crippen molar-refractivity contribution in [3.05, 3.63) is 58.2 Å². The van der Waals surface area contributed by atoms with Gasteiger partial charge in [0.15, 0.2) is 0 Å². The molecule has 172 valence electrons. The fourth-order valence-corrected chi connectivity index (χ4v) is 5.05. The highest BCUT2D eigenvalue weighted by atomic mass is 35.5. The SMILES string of the molecule is Cc1ccc(-c2cc(N3CCN(c4ncccc4Cl)C[C@H]3C)nc(N3CCCC3)n2)cc1Cl. The van der Waals surface area contributed by atoms with Crippen molar-refractivity contribution in [2.24, 2.45) is 0 Å². The van der Waals surface area contributed by atoms with Crippen molar-refractivity contribution >= 4 is 40.8 Å². The Morgan fingerprint density at radius 3 is 2.45 bits per heavy atom. The first-order chi connectivity index (χ1) is 16.0. The Kier molecular flexibility index (Phi) is 6.30. The van der Waals surface area contributed by atoms with Crippen molar-refractivity contribution in [2.75, 3.05) is 47.4 Å². The summed E-state index contributed by atoms with van der Waals surface area (Å²) in [5, 5.41) is 1.44. The molecule has 2 aliphatic rings. The van der Waals surface area contributed by atoms with Crippen LogP contribution in [0.1, 0.15) is 25.3 Å². The van der Waals surface area contributed by atoms with Gasteiger partial charge in [0.2, 0.25) is 5.95 Å². The first kappa shape index (κ1) is 22.2. The lowest BCUT2D eigenvalue weighted by Crippen LogP contribution is -2.52. The van der Waals surface area contributed by atoms with Crippen LogP contribution in [0.2, 0.25) is 10.0 Å². The third-order valence-corrected chi connectivity index (χ3v) is 7.22. The number of nitrogens with zero attached hydrogens (tertiary/aromatic N) is 6. The Balaban J connectivity index is 1.47. The van der Waals surface area contributed by atoms with Crippen molar-refractivity contribution < 1.29 is 0 Å². The molecule has 0 bridgehead atoms. The zero-order chi connectivity index (χ0) is 22.9. The summed E-state index contributed by atoms with van der Waals surface area (Å²) < 4.78 is 0. The Hall–Kier alpha value is -2.57. The number of aryl methyl sites for hydroxylation is 1. The van der Waals surface area contributed by atoms with Gasteiger partial charge in [-0.15, -0.1) is 0 Å². The van der Waals surface area contributed by atoms with Gasteiger partial charge in [0, 0.05) is 61.6 Å². The van der Waals surface area contributed by atoms with Gasteiger partial charge >= 0.3 is 0 Å². The summed E-state index contributed by atoms with van der Waals surface area (Å²) in [6, 6.07) is 12.2. The second kappa shape index (κ2) is 9.35. The summed E-state index contributed by atoms with van der Waals surface area (Å²) in [6.07, 6.45) is 4.16. The average molecular weight is 483 g/mol. The van der Waals surface area contributed by atoms with E-state index in [4.69, 9.17) is 33.2 Å². The Labute approximate surface area is 205 Å². The van der Waals surface area contributed by atoms with Crippen LogP contribution in [-0.2, 0) is 0 Å². The normalized spacial score (nSPS) is 18.8. The largest absolute Gasteiger partial charge is 0.352 e. The predicted molar refractivity (Wildman–Crippen MR) is 137 cm³/mol. The van der Waals surface area contributed by atoms with E-state index < -0.39 is 0 Å². The van der Waals surface area contributed by atoms with Crippen LogP contribution in [-0.4, -0.2) is 53.7 Å². The lowest BCUT2D eigenvalue weighted by molar-refractivity contribution is 0.542. The van der Waals surface area contributed by atoms with Crippen LogP contribution in [0, 0.1) is 6.92 Å². The maximum absolute atomic E-state index is 6.44. The van der Waals surface area contributed by atoms with Gasteiger partial charge in [-0.3, -0.25) is 0 Å². The van der Waals surface area contributed by atoms with E-state index in [1.54, 1.807) is 6.20 Å². The van der Waals surface area contributed by atoms with Crippen molar-refractivity contribution in [1.29, 1.82) is 0 Å².